The van der Waals surface area contributed by atoms with Crippen molar-refractivity contribution in [3.8, 4) is 0 Å². The Balaban J connectivity index is 1.51. The molecule has 0 unspecified atom stereocenters. The number of halogens is 1. The third kappa shape index (κ3) is 3.74. The molecule has 10 heteroatoms. The number of rotatable bonds is 6. The van der Waals surface area contributed by atoms with Gasteiger partial charge in [0.2, 0.25) is 11.7 Å². The summed E-state index contributed by atoms with van der Waals surface area (Å²) in [6, 6.07) is 2.63. The van der Waals surface area contributed by atoms with Crippen LogP contribution in [0.15, 0.2) is 18.2 Å². The SMILES string of the molecule is O=C(CCCN1C(=O)NC2(CCCC2)C1=O)Nc1ccc(F)c([N+](=O)[O-])c1. The van der Waals surface area contributed by atoms with Crippen molar-refractivity contribution in [2.75, 3.05) is 11.9 Å². The third-order valence-electron chi connectivity index (χ3n) is 4.92. The summed E-state index contributed by atoms with van der Waals surface area (Å²) in [7, 11) is 0. The second-order valence-corrected chi connectivity index (χ2v) is 6.75. The van der Waals surface area contributed by atoms with Crippen molar-refractivity contribution >= 4 is 29.2 Å². The van der Waals surface area contributed by atoms with Crippen LogP contribution in [0.4, 0.5) is 20.6 Å². The number of carbonyl (C=O) groups excluding carboxylic acids is 3. The normalized spacial score (nSPS) is 18.0. The monoisotopic (exact) mass is 378 g/mol. The maximum Gasteiger partial charge on any atom is 0.325 e. The number of imide groups is 1. The van der Waals surface area contributed by atoms with E-state index in [0.717, 1.165) is 29.9 Å². The smallest absolute Gasteiger partial charge is 0.325 e. The molecule has 1 aromatic carbocycles. The maximum atomic E-state index is 13.3. The highest BCUT2D eigenvalue weighted by atomic mass is 19.1. The molecule has 9 nitrogen and oxygen atoms in total. The Morgan fingerprint density at radius 3 is 2.70 bits per heavy atom. The molecule has 1 aliphatic heterocycles. The van der Waals surface area contributed by atoms with Crippen molar-refractivity contribution in [1.82, 2.24) is 10.2 Å². The van der Waals surface area contributed by atoms with Crippen LogP contribution in [0.25, 0.3) is 0 Å². The molecular formula is C17H19FN4O5. The number of hydrogen-bond acceptors (Lipinski definition) is 5. The standard InChI is InChI=1S/C17H19FN4O5/c18-12-6-5-11(10-13(12)22(26)27)19-14(23)4-3-9-21-15(24)17(20-16(21)25)7-1-2-8-17/h5-6,10H,1-4,7-9H2,(H,19,23)(H,20,25). The molecule has 1 aromatic rings. The number of hydrogen-bond donors (Lipinski definition) is 2. The number of carbonyl (C=O) groups is 3. The fourth-order valence-corrected chi connectivity index (χ4v) is 3.55. The van der Waals surface area contributed by atoms with Crippen LogP contribution in [-0.4, -0.2) is 39.8 Å². The Morgan fingerprint density at radius 1 is 1.33 bits per heavy atom. The van der Waals surface area contributed by atoms with E-state index in [9.17, 15) is 28.9 Å². The summed E-state index contributed by atoms with van der Waals surface area (Å²) in [4.78, 5) is 47.5. The van der Waals surface area contributed by atoms with Gasteiger partial charge in [-0.3, -0.25) is 24.6 Å². The molecule has 1 heterocycles. The largest absolute Gasteiger partial charge is 0.326 e. The molecule has 1 saturated heterocycles. The van der Waals surface area contributed by atoms with E-state index in [4.69, 9.17) is 0 Å². The van der Waals surface area contributed by atoms with Crippen LogP contribution in [0, 0.1) is 15.9 Å². The van der Waals surface area contributed by atoms with Crippen LogP contribution in [0.2, 0.25) is 0 Å². The number of amides is 4. The zero-order valence-corrected chi connectivity index (χ0v) is 14.5. The van der Waals surface area contributed by atoms with Gasteiger partial charge in [-0.05, 0) is 31.4 Å². The van der Waals surface area contributed by atoms with Crippen LogP contribution >= 0.6 is 0 Å². The lowest BCUT2D eigenvalue weighted by Crippen LogP contribution is -2.44. The lowest BCUT2D eigenvalue weighted by Gasteiger charge is -2.19. The molecule has 27 heavy (non-hydrogen) atoms. The third-order valence-corrected chi connectivity index (χ3v) is 4.92. The van der Waals surface area contributed by atoms with E-state index >= 15 is 0 Å². The molecule has 2 aliphatic rings. The first kappa shape index (κ1) is 18.7. The first-order valence-corrected chi connectivity index (χ1v) is 8.70. The van der Waals surface area contributed by atoms with Crippen molar-refractivity contribution in [1.29, 1.82) is 0 Å². The summed E-state index contributed by atoms with van der Waals surface area (Å²) in [6.45, 7) is 0.114. The van der Waals surface area contributed by atoms with Gasteiger partial charge in [-0.1, -0.05) is 12.8 Å². The van der Waals surface area contributed by atoms with E-state index in [1.807, 2.05) is 0 Å². The fourth-order valence-electron chi connectivity index (χ4n) is 3.55. The molecular weight excluding hydrogens is 359 g/mol. The quantitative estimate of drug-likeness (QED) is 0.447. The summed E-state index contributed by atoms with van der Waals surface area (Å²) in [6.07, 6.45) is 3.33. The van der Waals surface area contributed by atoms with E-state index in [0.29, 0.717) is 12.8 Å². The van der Waals surface area contributed by atoms with Crippen LogP contribution in [0.3, 0.4) is 0 Å². The van der Waals surface area contributed by atoms with Crippen molar-refractivity contribution in [2.45, 2.75) is 44.1 Å². The Labute approximate surface area is 154 Å². The number of nitro groups is 1. The first-order valence-electron chi connectivity index (χ1n) is 8.70. The Hall–Kier alpha value is -3.04. The van der Waals surface area contributed by atoms with E-state index in [1.54, 1.807) is 0 Å². The first-order chi connectivity index (χ1) is 12.8. The molecule has 0 atom stereocenters. The zero-order valence-electron chi connectivity index (χ0n) is 14.5. The average Bonchev–Trinajstić information content (AvgIpc) is 3.17. The van der Waals surface area contributed by atoms with Crippen molar-refractivity contribution in [3.05, 3.63) is 34.1 Å². The Morgan fingerprint density at radius 2 is 2.04 bits per heavy atom. The molecule has 1 aliphatic carbocycles. The Bertz CT molecular complexity index is 807. The van der Waals surface area contributed by atoms with E-state index in [2.05, 4.69) is 10.6 Å². The van der Waals surface area contributed by atoms with Crippen LogP contribution in [0.1, 0.15) is 38.5 Å². The molecule has 144 valence electrons. The number of nitrogens with one attached hydrogen (secondary N) is 2. The second-order valence-electron chi connectivity index (χ2n) is 6.75. The molecule has 3 rings (SSSR count). The topological polar surface area (TPSA) is 122 Å². The van der Waals surface area contributed by atoms with Crippen LogP contribution in [-0.2, 0) is 9.59 Å². The summed E-state index contributed by atoms with van der Waals surface area (Å²) >= 11 is 0. The van der Waals surface area contributed by atoms with Gasteiger partial charge in [-0.25, -0.2) is 4.79 Å². The maximum absolute atomic E-state index is 13.3. The molecule has 0 radical (unpaired) electrons. The second kappa shape index (κ2) is 7.29. The minimum atomic E-state index is -0.989. The Kier molecular flexibility index (Phi) is 5.06. The van der Waals surface area contributed by atoms with Gasteiger partial charge in [-0.15, -0.1) is 0 Å². The number of urea groups is 1. The van der Waals surface area contributed by atoms with Gasteiger partial charge in [0, 0.05) is 24.7 Å². The van der Waals surface area contributed by atoms with E-state index in [1.165, 1.54) is 6.07 Å². The van der Waals surface area contributed by atoms with Crippen molar-refractivity contribution in [3.63, 3.8) is 0 Å². The van der Waals surface area contributed by atoms with Gasteiger partial charge in [0.15, 0.2) is 0 Å². The zero-order chi connectivity index (χ0) is 19.6. The van der Waals surface area contributed by atoms with Gasteiger partial charge in [0.1, 0.15) is 5.54 Å². The van der Waals surface area contributed by atoms with Gasteiger partial charge in [0.05, 0.1) is 4.92 Å². The molecule has 0 bridgehead atoms. The summed E-state index contributed by atoms with van der Waals surface area (Å²) < 4.78 is 13.3. The predicted octanol–water partition coefficient (Wildman–Crippen LogP) is 2.32. The van der Waals surface area contributed by atoms with Gasteiger partial charge in [-0.2, -0.15) is 4.39 Å². The number of anilines is 1. The van der Waals surface area contributed by atoms with Gasteiger partial charge >= 0.3 is 11.7 Å². The molecule has 1 spiro atoms. The minimum Gasteiger partial charge on any atom is -0.326 e. The molecule has 2 fully saturated rings. The van der Waals surface area contributed by atoms with Crippen LogP contribution in [0.5, 0.6) is 0 Å². The average molecular weight is 378 g/mol. The van der Waals surface area contributed by atoms with E-state index < -0.39 is 33.9 Å². The summed E-state index contributed by atoms with van der Waals surface area (Å²) in [5, 5.41) is 15.9. The predicted molar refractivity (Wildman–Crippen MR) is 92.4 cm³/mol. The number of nitro benzene ring substituents is 1. The molecule has 4 amide bonds. The van der Waals surface area contributed by atoms with Gasteiger partial charge in [0.25, 0.3) is 5.91 Å². The number of nitrogens with zero attached hydrogens (tertiary/aromatic N) is 2. The highest BCUT2D eigenvalue weighted by Gasteiger charge is 2.52. The lowest BCUT2D eigenvalue weighted by atomic mass is 9.98. The van der Waals surface area contributed by atoms with Gasteiger partial charge < -0.3 is 10.6 Å². The van der Waals surface area contributed by atoms with Crippen LogP contribution < -0.4 is 10.6 Å². The highest BCUT2D eigenvalue weighted by Crippen LogP contribution is 2.35. The van der Waals surface area contributed by atoms with E-state index in [-0.39, 0.29) is 31.0 Å². The highest BCUT2D eigenvalue weighted by molar-refractivity contribution is 6.07. The molecule has 0 aromatic heterocycles. The molecule has 2 N–H and O–H groups in total. The summed E-state index contributed by atoms with van der Waals surface area (Å²) in [5.74, 6) is -1.67. The molecule has 1 saturated carbocycles. The lowest BCUT2D eigenvalue weighted by molar-refractivity contribution is -0.387. The summed E-state index contributed by atoms with van der Waals surface area (Å²) in [5.41, 5.74) is -1.39. The van der Waals surface area contributed by atoms with Crippen molar-refractivity contribution in [2.24, 2.45) is 0 Å². The van der Waals surface area contributed by atoms with Crippen molar-refractivity contribution < 1.29 is 23.7 Å². The fraction of sp³-hybridized carbons (Fsp3) is 0.471. The number of benzene rings is 1. The minimum absolute atomic E-state index is 0.00916.